The Labute approximate surface area is 155 Å². The Kier molecular flexibility index (Phi) is 5.17. The number of carboxylic acids is 2. The molecule has 0 spiro atoms. The number of aryl methyl sites for hydroxylation is 1. The highest BCUT2D eigenvalue weighted by Crippen LogP contribution is 2.26. The highest BCUT2D eigenvalue weighted by atomic mass is 16.4. The van der Waals surface area contributed by atoms with Crippen molar-refractivity contribution in [1.29, 1.82) is 0 Å². The summed E-state index contributed by atoms with van der Waals surface area (Å²) in [6, 6.07) is 15.0. The van der Waals surface area contributed by atoms with Crippen LogP contribution >= 0.6 is 0 Å². The number of furan rings is 1. The smallest absolute Gasteiger partial charge is 0.335 e. The molecule has 2 N–H and O–H groups in total. The molecule has 1 heterocycles. The van der Waals surface area contributed by atoms with E-state index in [1.165, 1.54) is 0 Å². The second-order valence-electron chi connectivity index (χ2n) is 6.01. The molecule has 0 radical (unpaired) electrons. The first-order valence-corrected chi connectivity index (χ1v) is 8.20. The predicted molar refractivity (Wildman–Crippen MR) is 101 cm³/mol. The van der Waals surface area contributed by atoms with Crippen LogP contribution in [-0.4, -0.2) is 28.4 Å². The van der Waals surface area contributed by atoms with E-state index < -0.39 is 11.9 Å². The van der Waals surface area contributed by atoms with Gasteiger partial charge in [-0.2, -0.15) is 0 Å². The first-order chi connectivity index (χ1) is 12.9. The van der Waals surface area contributed by atoms with E-state index in [1.54, 1.807) is 54.7 Å². The lowest BCUT2D eigenvalue weighted by Crippen LogP contribution is -1.96. The van der Waals surface area contributed by atoms with Gasteiger partial charge < -0.3 is 14.6 Å². The van der Waals surface area contributed by atoms with E-state index in [0.29, 0.717) is 18.1 Å². The number of carboxylic acid groups (broad SMARTS) is 2. The van der Waals surface area contributed by atoms with Crippen molar-refractivity contribution in [1.82, 2.24) is 0 Å². The molecule has 0 aliphatic carbocycles. The Bertz CT molecular complexity index is 1020. The third-order valence-electron chi connectivity index (χ3n) is 4.06. The summed E-state index contributed by atoms with van der Waals surface area (Å²) in [6.45, 7) is 2.24. The molecule has 0 saturated heterocycles. The molecule has 0 fully saturated rings. The Morgan fingerprint density at radius 1 is 0.963 bits per heavy atom. The number of nitrogens with zero attached hydrogens (tertiary/aromatic N) is 1. The van der Waals surface area contributed by atoms with Crippen LogP contribution in [0.3, 0.4) is 0 Å². The fraction of sp³-hybridized carbons (Fsp3) is 0.0952. The molecule has 3 rings (SSSR count). The maximum absolute atomic E-state index is 11.0. The van der Waals surface area contributed by atoms with Gasteiger partial charge in [0.25, 0.3) is 0 Å². The van der Waals surface area contributed by atoms with Crippen LogP contribution in [0.25, 0.3) is 11.3 Å². The van der Waals surface area contributed by atoms with E-state index in [9.17, 15) is 9.59 Å². The summed E-state index contributed by atoms with van der Waals surface area (Å²) in [7, 11) is 0. The average molecular weight is 363 g/mol. The van der Waals surface area contributed by atoms with E-state index in [1.807, 2.05) is 13.0 Å². The van der Waals surface area contributed by atoms with E-state index in [-0.39, 0.29) is 11.1 Å². The van der Waals surface area contributed by atoms with Crippen molar-refractivity contribution in [3.8, 4) is 11.3 Å². The lowest BCUT2D eigenvalue weighted by molar-refractivity contribution is 0.0686. The normalized spacial score (nSPS) is 11.0. The van der Waals surface area contributed by atoms with Crippen molar-refractivity contribution in [2.45, 2.75) is 13.5 Å². The van der Waals surface area contributed by atoms with Crippen LogP contribution in [-0.2, 0) is 6.54 Å². The van der Waals surface area contributed by atoms with Gasteiger partial charge in [0, 0.05) is 5.56 Å². The number of aromatic carboxylic acids is 2. The molecule has 6 heteroatoms. The van der Waals surface area contributed by atoms with Crippen molar-refractivity contribution in [2.75, 3.05) is 0 Å². The molecule has 27 heavy (non-hydrogen) atoms. The average Bonchev–Trinajstić information content (AvgIpc) is 3.10. The Hall–Kier alpha value is -3.67. The largest absolute Gasteiger partial charge is 0.478 e. The fourth-order valence-corrected chi connectivity index (χ4v) is 2.63. The molecule has 6 nitrogen and oxygen atoms in total. The van der Waals surface area contributed by atoms with Gasteiger partial charge in [0.2, 0.25) is 0 Å². The molecule has 2 aromatic carbocycles. The minimum absolute atomic E-state index is 0.235. The van der Waals surface area contributed by atoms with E-state index in [0.717, 1.165) is 16.7 Å². The van der Waals surface area contributed by atoms with E-state index in [4.69, 9.17) is 14.6 Å². The Morgan fingerprint density at radius 3 is 2.26 bits per heavy atom. The van der Waals surface area contributed by atoms with E-state index >= 15 is 0 Å². The number of aliphatic imine (C=N–C) groups is 1. The maximum Gasteiger partial charge on any atom is 0.335 e. The fourth-order valence-electron chi connectivity index (χ4n) is 2.63. The molecule has 0 aliphatic heterocycles. The standard InChI is InChI=1S/C21H17NO5/c1-13-10-16(21(25)26)6-8-18(13)19-9-7-17(27-19)12-22-11-14-2-4-15(5-3-14)20(23)24/h2-10,12H,11H2,1H3,(H,23,24)(H,25,26). The summed E-state index contributed by atoms with van der Waals surface area (Å²) in [6.07, 6.45) is 1.61. The number of rotatable bonds is 6. The van der Waals surface area contributed by atoms with Gasteiger partial charge in [-0.1, -0.05) is 18.2 Å². The summed E-state index contributed by atoms with van der Waals surface area (Å²) in [5, 5.41) is 17.9. The highest BCUT2D eigenvalue weighted by molar-refractivity contribution is 5.89. The Balaban J connectivity index is 1.69. The van der Waals surface area contributed by atoms with Gasteiger partial charge in [0.15, 0.2) is 0 Å². The quantitative estimate of drug-likeness (QED) is 0.637. The summed E-state index contributed by atoms with van der Waals surface area (Å²) >= 11 is 0. The zero-order chi connectivity index (χ0) is 19.4. The molecule has 1 aromatic heterocycles. The number of carbonyl (C=O) groups is 2. The van der Waals surface area contributed by atoms with Gasteiger partial charge in [0.05, 0.1) is 23.9 Å². The summed E-state index contributed by atoms with van der Waals surface area (Å²) < 4.78 is 5.76. The van der Waals surface area contributed by atoms with Crippen LogP contribution in [0, 0.1) is 6.92 Å². The van der Waals surface area contributed by atoms with Crippen molar-refractivity contribution in [3.05, 3.63) is 82.6 Å². The Morgan fingerprint density at radius 2 is 1.63 bits per heavy atom. The lowest BCUT2D eigenvalue weighted by atomic mass is 10.0. The van der Waals surface area contributed by atoms with Gasteiger partial charge in [-0.25, -0.2) is 9.59 Å². The van der Waals surface area contributed by atoms with Crippen LogP contribution < -0.4 is 0 Å². The molecular weight excluding hydrogens is 346 g/mol. The second-order valence-corrected chi connectivity index (χ2v) is 6.01. The van der Waals surface area contributed by atoms with Crippen LogP contribution in [0.15, 0.2) is 64.0 Å². The van der Waals surface area contributed by atoms with Gasteiger partial charge in [0.1, 0.15) is 11.5 Å². The SMILES string of the molecule is Cc1cc(C(=O)O)ccc1-c1ccc(C=NCc2ccc(C(=O)O)cc2)o1. The first kappa shape index (κ1) is 18.1. The molecule has 0 bridgehead atoms. The molecule has 0 atom stereocenters. The summed E-state index contributed by atoms with van der Waals surface area (Å²) in [5.41, 5.74) is 3.00. The molecule has 0 saturated carbocycles. The molecule has 3 aromatic rings. The number of hydrogen-bond donors (Lipinski definition) is 2. The van der Waals surface area contributed by atoms with Crippen LogP contribution in [0.5, 0.6) is 0 Å². The first-order valence-electron chi connectivity index (χ1n) is 8.20. The lowest BCUT2D eigenvalue weighted by Gasteiger charge is -2.03. The minimum Gasteiger partial charge on any atom is -0.478 e. The molecule has 0 unspecified atom stereocenters. The van der Waals surface area contributed by atoms with Gasteiger partial charge in [-0.15, -0.1) is 0 Å². The zero-order valence-corrected chi connectivity index (χ0v) is 14.5. The van der Waals surface area contributed by atoms with Crippen LogP contribution in [0.4, 0.5) is 0 Å². The number of benzene rings is 2. The summed E-state index contributed by atoms with van der Waals surface area (Å²) in [4.78, 5) is 26.2. The van der Waals surface area contributed by atoms with Crippen LogP contribution in [0.1, 0.15) is 37.6 Å². The number of hydrogen-bond acceptors (Lipinski definition) is 4. The second kappa shape index (κ2) is 7.70. The zero-order valence-electron chi connectivity index (χ0n) is 14.5. The maximum atomic E-state index is 11.0. The topological polar surface area (TPSA) is 100 Å². The monoisotopic (exact) mass is 363 g/mol. The van der Waals surface area contributed by atoms with Gasteiger partial charge in [-0.05, 0) is 54.4 Å². The van der Waals surface area contributed by atoms with Crippen LogP contribution in [0.2, 0.25) is 0 Å². The molecular formula is C21H17NO5. The molecule has 0 amide bonds. The van der Waals surface area contributed by atoms with Gasteiger partial charge >= 0.3 is 11.9 Å². The highest BCUT2D eigenvalue weighted by Gasteiger charge is 2.10. The molecule has 136 valence electrons. The minimum atomic E-state index is -0.965. The van der Waals surface area contributed by atoms with E-state index in [2.05, 4.69) is 4.99 Å². The summed E-state index contributed by atoms with van der Waals surface area (Å²) in [5.74, 6) is -0.710. The van der Waals surface area contributed by atoms with Crippen molar-refractivity contribution >= 4 is 18.2 Å². The van der Waals surface area contributed by atoms with Crippen molar-refractivity contribution < 1.29 is 24.2 Å². The molecule has 0 aliphatic rings. The third kappa shape index (κ3) is 4.30. The van der Waals surface area contributed by atoms with Crippen molar-refractivity contribution in [3.63, 3.8) is 0 Å². The third-order valence-corrected chi connectivity index (χ3v) is 4.06. The predicted octanol–water partition coefficient (Wildman–Crippen LogP) is 4.27. The van der Waals surface area contributed by atoms with Crippen molar-refractivity contribution in [2.24, 2.45) is 4.99 Å². The van der Waals surface area contributed by atoms with Gasteiger partial charge in [-0.3, -0.25) is 4.99 Å².